The predicted octanol–water partition coefficient (Wildman–Crippen LogP) is 2.98. The molecular formula is C18H18N2O4. The third-order valence-corrected chi connectivity index (χ3v) is 3.11. The average molecular weight is 326 g/mol. The van der Waals surface area contributed by atoms with E-state index in [0.29, 0.717) is 12.2 Å². The Balaban J connectivity index is 1.83. The lowest BCUT2D eigenvalue weighted by Gasteiger charge is -2.03. The Morgan fingerprint density at radius 1 is 1.08 bits per heavy atom. The predicted molar refractivity (Wildman–Crippen MR) is 90.9 cm³/mol. The molecular weight excluding hydrogens is 308 g/mol. The molecule has 0 aliphatic heterocycles. The Hall–Kier alpha value is -3.15. The summed E-state index contributed by atoms with van der Waals surface area (Å²) in [6.45, 7) is 1.75. The molecule has 0 aliphatic rings. The van der Waals surface area contributed by atoms with E-state index in [4.69, 9.17) is 4.84 Å². The normalized spacial score (nSPS) is 10.4. The van der Waals surface area contributed by atoms with Gasteiger partial charge in [0.05, 0.1) is 18.9 Å². The zero-order valence-corrected chi connectivity index (χ0v) is 13.5. The first kappa shape index (κ1) is 17.2. The number of amides is 1. The van der Waals surface area contributed by atoms with Crippen molar-refractivity contribution in [2.24, 2.45) is 5.16 Å². The van der Waals surface area contributed by atoms with Crippen LogP contribution in [0.2, 0.25) is 0 Å². The Labute approximate surface area is 140 Å². The molecule has 6 nitrogen and oxygen atoms in total. The number of nitrogens with zero attached hydrogens (tertiary/aromatic N) is 1. The molecule has 1 amide bonds. The van der Waals surface area contributed by atoms with Gasteiger partial charge in [-0.3, -0.25) is 4.79 Å². The maximum Gasteiger partial charge on any atom is 0.337 e. The van der Waals surface area contributed by atoms with Crippen molar-refractivity contribution in [1.82, 2.24) is 0 Å². The minimum atomic E-state index is -0.372. The summed E-state index contributed by atoms with van der Waals surface area (Å²) < 4.78 is 4.64. The smallest absolute Gasteiger partial charge is 0.337 e. The number of methoxy groups -OCH3 is 1. The summed E-state index contributed by atoms with van der Waals surface area (Å²) in [6, 6.07) is 14.1. The van der Waals surface area contributed by atoms with E-state index in [2.05, 4.69) is 15.2 Å². The second-order valence-electron chi connectivity index (χ2n) is 5.00. The molecule has 0 unspecified atom stereocenters. The summed E-state index contributed by atoms with van der Waals surface area (Å²) in [7, 11) is 1.34. The zero-order chi connectivity index (χ0) is 17.4. The average Bonchev–Trinajstić information content (AvgIpc) is 2.59. The van der Waals surface area contributed by atoms with E-state index in [1.165, 1.54) is 14.0 Å². The van der Waals surface area contributed by atoms with Crippen LogP contribution in [0.1, 0.15) is 28.4 Å². The highest BCUT2D eigenvalue weighted by molar-refractivity contribution is 5.89. The Kier molecular flexibility index (Phi) is 6.08. The summed E-state index contributed by atoms with van der Waals surface area (Å²) >= 11 is 0. The van der Waals surface area contributed by atoms with Gasteiger partial charge in [0.25, 0.3) is 0 Å². The Morgan fingerprint density at radius 2 is 1.75 bits per heavy atom. The Morgan fingerprint density at radius 3 is 2.33 bits per heavy atom. The molecule has 2 aromatic carbocycles. The first-order valence-electron chi connectivity index (χ1n) is 7.29. The third kappa shape index (κ3) is 5.24. The van der Waals surface area contributed by atoms with Gasteiger partial charge in [0.15, 0.2) is 0 Å². The van der Waals surface area contributed by atoms with Crippen LogP contribution in [0.15, 0.2) is 53.7 Å². The summed E-state index contributed by atoms with van der Waals surface area (Å²) in [5.74, 6) is -0.485. The highest BCUT2D eigenvalue weighted by Gasteiger charge is 2.04. The maximum absolute atomic E-state index is 11.3. The number of hydrogen-bond donors (Lipinski definition) is 1. The van der Waals surface area contributed by atoms with Crippen molar-refractivity contribution in [1.29, 1.82) is 0 Å². The Bertz CT molecular complexity index is 722. The third-order valence-electron chi connectivity index (χ3n) is 3.11. The molecule has 0 aromatic heterocycles. The van der Waals surface area contributed by atoms with Crippen molar-refractivity contribution in [2.75, 3.05) is 12.4 Å². The fourth-order valence-corrected chi connectivity index (χ4v) is 1.92. The van der Waals surface area contributed by atoms with Gasteiger partial charge in [-0.05, 0) is 35.4 Å². The van der Waals surface area contributed by atoms with Gasteiger partial charge in [0, 0.05) is 12.6 Å². The number of anilines is 1. The minimum absolute atomic E-state index is 0.113. The van der Waals surface area contributed by atoms with Crippen LogP contribution in [0, 0.1) is 0 Å². The second-order valence-corrected chi connectivity index (χ2v) is 5.00. The number of esters is 1. The van der Waals surface area contributed by atoms with Gasteiger partial charge >= 0.3 is 5.97 Å². The van der Waals surface area contributed by atoms with Crippen LogP contribution in [0.3, 0.4) is 0 Å². The highest BCUT2D eigenvalue weighted by atomic mass is 16.6. The molecule has 0 fully saturated rings. The van der Waals surface area contributed by atoms with Crippen LogP contribution in [-0.4, -0.2) is 25.2 Å². The molecule has 24 heavy (non-hydrogen) atoms. The molecule has 0 heterocycles. The lowest BCUT2D eigenvalue weighted by molar-refractivity contribution is -0.114. The largest absolute Gasteiger partial charge is 0.465 e. The van der Waals surface area contributed by atoms with E-state index >= 15 is 0 Å². The van der Waals surface area contributed by atoms with Gasteiger partial charge in [-0.1, -0.05) is 29.4 Å². The fourth-order valence-electron chi connectivity index (χ4n) is 1.92. The van der Waals surface area contributed by atoms with Crippen molar-refractivity contribution in [3.63, 3.8) is 0 Å². The summed E-state index contributed by atoms with van der Waals surface area (Å²) in [5, 5.41) is 6.59. The molecule has 6 heteroatoms. The fraction of sp³-hybridized carbons (Fsp3) is 0.167. The number of carbonyl (C=O) groups is 2. The number of nitrogens with one attached hydrogen (secondary N) is 1. The molecule has 2 rings (SSSR count). The van der Waals surface area contributed by atoms with Gasteiger partial charge in [-0.15, -0.1) is 0 Å². The van der Waals surface area contributed by atoms with Crippen LogP contribution >= 0.6 is 0 Å². The zero-order valence-electron chi connectivity index (χ0n) is 13.5. The van der Waals surface area contributed by atoms with E-state index < -0.39 is 0 Å². The summed E-state index contributed by atoms with van der Waals surface area (Å²) in [4.78, 5) is 27.5. The monoisotopic (exact) mass is 326 g/mol. The van der Waals surface area contributed by atoms with Crippen molar-refractivity contribution < 1.29 is 19.2 Å². The van der Waals surface area contributed by atoms with Crippen molar-refractivity contribution in [3.8, 4) is 0 Å². The van der Waals surface area contributed by atoms with E-state index in [-0.39, 0.29) is 11.9 Å². The summed E-state index contributed by atoms with van der Waals surface area (Å²) in [6.07, 6.45) is 1.58. The molecule has 2 aromatic rings. The van der Waals surface area contributed by atoms with Crippen LogP contribution in [0.5, 0.6) is 0 Å². The van der Waals surface area contributed by atoms with E-state index in [0.717, 1.165) is 16.8 Å². The molecule has 0 radical (unpaired) electrons. The van der Waals surface area contributed by atoms with Gasteiger partial charge in [-0.25, -0.2) is 4.79 Å². The van der Waals surface area contributed by atoms with E-state index in [9.17, 15) is 9.59 Å². The number of rotatable bonds is 6. The number of oxime groups is 1. The van der Waals surface area contributed by atoms with Gasteiger partial charge in [0.1, 0.15) is 6.61 Å². The van der Waals surface area contributed by atoms with Gasteiger partial charge in [-0.2, -0.15) is 0 Å². The lowest BCUT2D eigenvalue weighted by Crippen LogP contribution is -2.05. The molecule has 0 saturated carbocycles. The first-order valence-corrected chi connectivity index (χ1v) is 7.29. The maximum atomic E-state index is 11.3. The van der Waals surface area contributed by atoms with E-state index in [1.54, 1.807) is 42.6 Å². The molecule has 124 valence electrons. The van der Waals surface area contributed by atoms with Crippen LogP contribution in [-0.2, 0) is 21.0 Å². The van der Waals surface area contributed by atoms with Crippen molar-refractivity contribution in [2.45, 2.75) is 13.5 Å². The van der Waals surface area contributed by atoms with Crippen molar-refractivity contribution >= 4 is 23.8 Å². The number of benzene rings is 2. The number of ether oxygens (including phenoxy) is 1. The molecule has 0 bridgehead atoms. The molecule has 0 atom stereocenters. The number of hydrogen-bond acceptors (Lipinski definition) is 5. The van der Waals surface area contributed by atoms with Crippen molar-refractivity contribution in [3.05, 3.63) is 65.2 Å². The van der Waals surface area contributed by atoms with Gasteiger partial charge in [0.2, 0.25) is 5.91 Å². The van der Waals surface area contributed by atoms with E-state index in [1.807, 2.05) is 12.1 Å². The topological polar surface area (TPSA) is 77.0 Å². The minimum Gasteiger partial charge on any atom is -0.465 e. The summed E-state index contributed by atoms with van der Waals surface area (Å²) in [5.41, 5.74) is 2.96. The molecule has 0 aliphatic carbocycles. The van der Waals surface area contributed by atoms with Crippen LogP contribution in [0.4, 0.5) is 5.69 Å². The van der Waals surface area contributed by atoms with Crippen LogP contribution < -0.4 is 5.32 Å². The van der Waals surface area contributed by atoms with Crippen LogP contribution in [0.25, 0.3) is 0 Å². The quantitative estimate of drug-likeness (QED) is 0.503. The second kappa shape index (κ2) is 8.47. The molecule has 0 saturated heterocycles. The highest BCUT2D eigenvalue weighted by Crippen LogP contribution is 2.09. The lowest BCUT2D eigenvalue weighted by atomic mass is 10.1. The SMILES string of the molecule is COC(=O)c1ccc(CO/N=C/c2ccc(NC(C)=O)cc2)cc1. The molecule has 0 spiro atoms. The molecule has 1 N–H and O–H groups in total. The standard InChI is InChI=1S/C18H18N2O4/c1-13(21)20-17-9-5-14(6-10-17)11-19-24-12-15-3-7-16(8-4-15)18(22)23-2/h3-11H,12H2,1-2H3,(H,20,21)/b19-11+. The van der Waals surface area contributed by atoms with Gasteiger partial charge < -0.3 is 14.9 Å². The number of carbonyl (C=O) groups excluding carboxylic acids is 2. The first-order chi connectivity index (χ1) is 11.6.